The zero-order chi connectivity index (χ0) is 13.8. The lowest BCUT2D eigenvalue weighted by Crippen LogP contribution is -2.41. The van der Waals surface area contributed by atoms with E-state index in [1.165, 1.54) is 6.07 Å². The van der Waals surface area contributed by atoms with E-state index in [1.807, 2.05) is 6.92 Å². The van der Waals surface area contributed by atoms with Crippen molar-refractivity contribution >= 4 is 5.91 Å². The molecule has 1 aromatic carbocycles. The first-order chi connectivity index (χ1) is 9.08. The van der Waals surface area contributed by atoms with Gasteiger partial charge < -0.3 is 10.6 Å². The van der Waals surface area contributed by atoms with Crippen molar-refractivity contribution in [1.82, 2.24) is 10.6 Å². The minimum atomic E-state index is -0.854. The van der Waals surface area contributed by atoms with E-state index in [1.54, 1.807) is 6.07 Å². The fraction of sp³-hybridized carbons (Fsp3) is 0.500. The number of benzene rings is 1. The normalized spacial score (nSPS) is 20.3. The highest BCUT2D eigenvalue weighted by Crippen LogP contribution is 2.17. The molecule has 1 fully saturated rings. The van der Waals surface area contributed by atoms with Crippen LogP contribution in [-0.2, 0) is 4.79 Å². The van der Waals surface area contributed by atoms with Gasteiger partial charge in [0.2, 0.25) is 5.91 Å². The first kappa shape index (κ1) is 13.9. The van der Waals surface area contributed by atoms with Crippen LogP contribution in [0.2, 0.25) is 0 Å². The van der Waals surface area contributed by atoms with E-state index >= 15 is 0 Å². The Bertz CT molecular complexity index is 459. The highest BCUT2D eigenvalue weighted by atomic mass is 19.2. The van der Waals surface area contributed by atoms with Gasteiger partial charge in [-0.05, 0) is 43.0 Å². The fourth-order valence-electron chi connectivity index (χ4n) is 2.22. The SMILES string of the molecule is C[C@H](CNC(=O)[C@H]1CCCN1)c1ccc(F)c(F)c1. The van der Waals surface area contributed by atoms with Gasteiger partial charge in [0.25, 0.3) is 0 Å². The molecular formula is C14H18F2N2O. The van der Waals surface area contributed by atoms with Crippen LogP contribution in [-0.4, -0.2) is 25.0 Å². The van der Waals surface area contributed by atoms with Gasteiger partial charge >= 0.3 is 0 Å². The van der Waals surface area contributed by atoms with Gasteiger partial charge in [-0.3, -0.25) is 4.79 Å². The molecule has 0 radical (unpaired) electrons. The van der Waals surface area contributed by atoms with Crippen molar-refractivity contribution in [2.75, 3.05) is 13.1 Å². The van der Waals surface area contributed by atoms with Crippen LogP contribution in [0.25, 0.3) is 0 Å². The summed E-state index contributed by atoms with van der Waals surface area (Å²) in [6, 6.07) is 3.72. The molecule has 1 saturated heterocycles. The second-order valence-electron chi connectivity index (χ2n) is 4.97. The summed E-state index contributed by atoms with van der Waals surface area (Å²) in [5.41, 5.74) is 0.679. The van der Waals surface area contributed by atoms with E-state index in [-0.39, 0.29) is 17.9 Å². The zero-order valence-corrected chi connectivity index (χ0v) is 10.9. The van der Waals surface area contributed by atoms with Crippen molar-refractivity contribution in [1.29, 1.82) is 0 Å². The third-order valence-electron chi connectivity index (χ3n) is 3.47. The third-order valence-corrected chi connectivity index (χ3v) is 3.47. The van der Waals surface area contributed by atoms with Crippen molar-refractivity contribution in [3.05, 3.63) is 35.4 Å². The topological polar surface area (TPSA) is 41.1 Å². The van der Waals surface area contributed by atoms with Crippen molar-refractivity contribution in [2.45, 2.75) is 31.7 Å². The predicted molar refractivity (Wildman–Crippen MR) is 68.8 cm³/mol. The molecule has 2 N–H and O–H groups in total. The Morgan fingerprint density at radius 2 is 2.26 bits per heavy atom. The number of nitrogens with one attached hydrogen (secondary N) is 2. The van der Waals surface area contributed by atoms with Crippen molar-refractivity contribution in [3.8, 4) is 0 Å². The highest BCUT2D eigenvalue weighted by molar-refractivity contribution is 5.82. The molecule has 1 aromatic rings. The van der Waals surface area contributed by atoms with Crippen LogP contribution in [0.5, 0.6) is 0 Å². The summed E-state index contributed by atoms with van der Waals surface area (Å²) < 4.78 is 25.9. The molecular weight excluding hydrogens is 250 g/mol. The van der Waals surface area contributed by atoms with E-state index < -0.39 is 11.6 Å². The second-order valence-corrected chi connectivity index (χ2v) is 4.97. The molecule has 0 spiro atoms. The summed E-state index contributed by atoms with van der Waals surface area (Å²) in [6.45, 7) is 3.16. The maximum atomic E-state index is 13.1. The molecule has 0 unspecified atom stereocenters. The zero-order valence-electron chi connectivity index (χ0n) is 10.9. The number of carbonyl (C=O) groups is 1. The van der Waals surface area contributed by atoms with Crippen LogP contribution in [0.3, 0.4) is 0 Å². The standard InChI is InChI=1S/C14H18F2N2O/c1-9(10-4-5-11(15)12(16)7-10)8-18-14(19)13-3-2-6-17-13/h4-5,7,9,13,17H,2-3,6,8H2,1H3,(H,18,19)/t9-,13-/m1/s1. The van der Waals surface area contributed by atoms with Gasteiger partial charge in [0.05, 0.1) is 6.04 Å². The van der Waals surface area contributed by atoms with Gasteiger partial charge in [-0.25, -0.2) is 8.78 Å². The number of amides is 1. The molecule has 1 amide bonds. The van der Waals surface area contributed by atoms with Gasteiger partial charge in [-0.1, -0.05) is 13.0 Å². The highest BCUT2D eigenvalue weighted by Gasteiger charge is 2.22. The average Bonchev–Trinajstić information content (AvgIpc) is 2.92. The molecule has 1 heterocycles. The maximum absolute atomic E-state index is 13.1. The van der Waals surface area contributed by atoms with Crippen LogP contribution in [0, 0.1) is 11.6 Å². The van der Waals surface area contributed by atoms with E-state index in [2.05, 4.69) is 10.6 Å². The summed E-state index contributed by atoms with van der Waals surface area (Å²) in [4.78, 5) is 11.8. The number of halogens is 2. The first-order valence-electron chi connectivity index (χ1n) is 6.54. The summed E-state index contributed by atoms with van der Waals surface area (Å²) >= 11 is 0. The molecule has 1 aliphatic rings. The lowest BCUT2D eigenvalue weighted by Gasteiger charge is -2.16. The number of hydrogen-bond acceptors (Lipinski definition) is 2. The molecule has 1 aliphatic heterocycles. The van der Waals surface area contributed by atoms with Gasteiger partial charge in [0.1, 0.15) is 0 Å². The molecule has 19 heavy (non-hydrogen) atoms. The minimum absolute atomic E-state index is 0.0214. The maximum Gasteiger partial charge on any atom is 0.237 e. The number of hydrogen-bond donors (Lipinski definition) is 2. The summed E-state index contributed by atoms with van der Waals surface area (Å²) in [6.07, 6.45) is 1.86. The Labute approximate surface area is 111 Å². The van der Waals surface area contributed by atoms with E-state index in [4.69, 9.17) is 0 Å². The van der Waals surface area contributed by atoms with Crippen LogP contribution >= 0.6 is 0 Å². The molecule has 0 aromatic heterocycles. The monoisotopic (exact) mass is 268 g/mol. The lowest BCUT2D eigenvalue weighted by atomic mass is 10.0. The number of rotatable bonds is 4. The van der Waals surface area contributed by atoms with Gasteiger partial charge in [0.15, 0.2) is 11.6 Å². The summed E-state index contributed by atoms with van der Waals surface area (Å²) in [5, 5.41) is 5.95. The van der Waals surface area contributed by atoms with Crippen LogP contribution in [0.15, 0.2) is 18.2 Å². The first-order valence-corrected chi connectivity index (χ1v) is 6.54. The van der Waals surface area contributed by atoms with Crippen LogP contribution in [0.1, 0.15) is 31.2 Å². The molecule has 0 aliphatic carbocycles. The average molecular weight is 268 g/mol. The molecule has 0 bridgehead atoms. The number of carbonyl (C=O) groups excluding carboxylic acids is 1. The Hall–Kier alpha value is -1.49. The Kier molecular flexibility index (Phi) is 4.47. The van der Waals surface area contributed by atoms with E-state index in [0.29, 0.717) is 12.1 Å². The fourth-order valence-corrected chi connectivity index (χ4v) is 2.22. The second kappa shape index (κ2) is 6.10. The van der Waals surface area contributed by atoms with Crippen molar-refractivity contribution < 1.29 is 13.6 Å². The smallest absolute Gasteiger partial charge is 0.237 e. The van der Waals surface area contributed by atoms with E-state index in [9.17, 15) is 13.6 Å². The van der Waals surface area contributed by atoms with Crippen LogP contribution < -0.4 is 10.6 Å². The van der Waals surface area contributed by atoms with Gasteiger partial charge in [-0.15, -0.1) is 0 Å². The predicted octanol–water partition coefficient (Wildman–Crippen LogP) is 1.94. The molecule has 104 valence electrons. The Morgan fingerprint density at radius 1 is 1.47 bits per heavy atom. The van der Waals surface area contributed by atoms with Gasteiger partial charge in [-0.2, -0.15) is 0 Å². The Morgan fingerprint density at radius 3 is 2.89 bits per heavy atom. The lowest BCUT2D eigenvalue weighted by molar-refractivity contribution is -0.122. The molecule has 0 saturated carbocycles. The largest absolute Gasteiger partial charge is 0.354 e. The summed E-state index contributed by atoms with van der Waals surface area (Å²) in [7, 11) is 0. The quantitative estimate of drug-likeness (QED) is 0.876. The molecule has 3 nitrogen and oxygen atoms in total. The third kappa shape index (κ3) is 3.50. The molecule has 2 atom stereocenters. The minimum Gasteiger partial charge on any atom is -0.354 e. The van der Waals surface area contributed by atoms with Crippen molar-refractivity contribution in [2.24, 2.45) is 0 Å². The molecule has 2 rings (SSSR count). The Balaban J connectivity index is 1.88. The van der Waals surface area contributed by atoms with Gasteiger partial charge in [0, 0.05) is 6.54 Å². The summed E-state index contributed by atoms with van der Waals surface area (Å²) in [5.74, 6) is -1.78. The molecule has 5 heteroatoms. The van der Waals surface area contributed by atoms with Crippen molar-refractivity contribution in [3.63, 3.8) is 0 Å². The van der Waals surface area contributed by atoms with Crippen LogP contribution in [0.4, 0.5) is 8.78 Å². The van der Waals surface area contributed by atoms with E-state index in [0.717, 1.165) is 25.5 Å².